The monoisotopic (exact) mass is 308 g/mol. The fourth-order valence-corrected chi connectivity index (χ4v) is 3.37. The largest absolute Gasteiger partial charge is 0.339 e. The minimum atomic E-state index is 0.632. The number of para-hydroxylation sites is 1. The van der Waals surface area contributed by atoms with Crippen molar-refractivity contribution in [1.82, 2.24) is 20.0 Å². The molecule has 0 N–H and O–H groups in total. The summed E-state index contributed by atoms with van der Waals surface area (Å²) in [5.41, 5.74) is 2.15. The summed E-state index contributed by atoms with van der Waals surface area (Å²) in [6, 6.07) is 10.2. The van der Waals surface area contributed by atoms with Crippen LogP contribution in [0.15, 0.2) is 41.1 Å². The first-order valence-corrected chi connectivity index (χ1v) is 8.10. The van der Waals surface area contributed by atoms with Crippen molar-refractivity contribution in [2.24, 2.45) is 5.92 Å². The molecule has 5 nitrogen and oxygen atoms in total. The van der Waals surface area contributed by atoms with Gasteiger partial charge in [-0.05, 0) is 37.6 Å². The van der Waals surface area contributed by atoms with Gasteiger partial charge in [0.2, 0.25) is 5.89 Å². The molecular weight excluding hydrogens is 288 g/mol. The highest BCUT2D eigenvalue weighted by atomic mass is 16.5. The number of pyridine rings is 1. The van der Waals surface area contributed by atoms with Crippen LogP contribution in [0.5, 0.6) is 0 Å². The first-order chi connectivity index (χ1) is 11.3. The van der Waals surface area contributed by atoms with E-state index in [0.29, 0.717) is 12.3 Å². The number of fused-ring (bicyclic) bond motifs is 1. The van der Waals surface area contributed by atoms with Crippen LogP contribution in [-0.2, 0) is 12.8 Å². The Kier molecular flexibility index (Phi) is 3.79. The van der Waals surface area contributed by atoms with E-state index in [1.165, 1.54) is 6.42 Å². The number of benzene rings is 1. The third-order valence-electron chi connectivity index (χ3n) is 4.53. The van der Waals surface area contributed by atoms with Gasteiger partial charge < -0.3 is 9.42 Å². The first kappa shape index (κ1) is 14.3. The van der Waals surface area contributed by atoms with Crippen molar-refractivity contribution in [3.63, 3.8) is 0 Å². The fourth-order valence-electron chi connectivity index (χ4n) is 3.37. The Morgan fingerprint density at radius 2 is 2.17 bits per heavy atom. The molecule has 0 spiro atoms. The molecule has 0 aliphatic carbocycles. The summed E-state index contributed by atoms with van der Waals surface area (Å²) in [4.78, 5) is 11.4. The molecule has 23 heavy (non-hydrogen) atoms. The highest BCUT2D eigenvalue weighted by Gasteiger charge is 2.22. The van der Waals surface area contributed by atoms with Crippen molar-refractivity contribution in [3.8, 4) is 0 Å². The molecule has 1 aliphatic rings. The first-order valence-electron chi connectivity index (χ1n) is 8.10. The van der Waals surface area contributed by atoms with Gasteiger partial charge in [-0.3, -0.25) is 4.98 Å². The molecule has 1 saturated heterocycles. The Balaban J connectivity index is 1.51. The van der Waals surface area contributed by atoms with Crippen LogP contribution in [0.25, 0.3) is 10.9 Å². The predicted molar refractivity (Wildman–Crippen MR) is 88.2 cm³/mol. The smallest absolute Gasteiger partial charge is 0.226 e. The van der Waals surface area contributed by atoms with Crippen molar-refractivity contribution in [2.45, 2.75) is 19.3 Å². The van der Waals surface area contributed by atoms with Gasteiger partial charge in [0.05, 0.1) is 5.52 Å². The molecule has 1 unspecified atom stereocenters. The average molecular weight is 308 g/mol. The molecule has 5 heteroatoms. The Morgan fingerprint density at radius 3 is 3.04 bits per heavy atom. The van der Waals surface area contributed by atoms with Crippen LogP contribution in [0.4, 0.5) is 0 Å². The van der Waals surface area contributed by atoms with Gasteiger partial charge in [-0.1, -0.05) is 29.4 Å². The zero-order valence-electron chi connectivity index (χ0n) is 13.3. The number of nitrogens with zero attached hydrogens (tertiary/aromatic N) is 4. The van der Waals surface area contributed by atoms with Gasteiger partial charge in [0, 0.05) is 31.0 Å². The number of aromatic nitrogens is 3. The van der Waals surface area contributed by atoms with E-state index in [1.54, 1.807) is 0 Å². The Bertz CT molecular complexity index is 808. The number of rotatable bonds is 4. The van der Waals surface area contributed by atoms with E-state index in [4.69, 9.17) is 4.52 Å². The van der Waals surface area contributed by atoms with Gasteiger partial charge in [0.1, 0.15) is 0 Å². The molecule has 4 rings (SSSR count). The van der Waals surface area contributed by atoms with Crippen LogP contribution >= 0.6 is 0 Å². The van der Waals surface area contributed by atoms with E-state index in [1.807, 2.05) is 12.3 Å². The third-order valence-corrected chi connectivity index (χ3v) is 4.53. The summed E-state index contributed by atoms with van der Waals surface area (Å²) < 4.78 is 5.45. The number of hydrogen-bond donors (Lipinski definition) is 0. The van der Waals surface area contributed by atoms with Gasteiger partial charge in [-0.15, -0.1) is 0 Å². The molecule has 2 aromatic heterocycles. The maximum Gasteiger partial charge on any atom is 0.226 e. The van der Waals surface area contributed by atoms with Crippen molar-refractivity contribution < 1.29 is 4.52 Å². The maximum atomic E-state index is 5.45. The topological polar surface area (TPSA) is 55.1 Å². The van der Waals surface area contributed by atoms with Gasteiger partial charge in [-0.25, -0.2) is 0 Å². The van der Waals surface area contributed by atoms with Crippen LogP contribution in [0, 0.1) is 5.92 Å². The molecule has 1 atom stereocenters. The normalized spacial score (nSPS) is 18.7. The van der Waals surface area contributed by atoms with E-state index in [0.717, 1.165) is 47.7 Å². The van der Waals surface area contributed by atoms with Crippen LogP contribution in [0.1, 0.15) is 23.7 Å². The second kappa shape index (κ2) is 6.08. The molecule has 3 heterocycles. The Labute approximate surface area is 135 Å². The van der Waals surface area contributed by atoms with Crippen LogP contribution in [0.3, 0.4) is 0 Å². The standard InChI is InChI=1S/C18H20N4O/c1-22-9-7-13(12-22)10-17-20-16(21-23-17)11-15-5-2-4-14-6-3-8-19-18(14)15/h2-6,8,13H,7,9-12H2,1H3. The van der Waals surface area contributed by atoms with Gasteiger partial charge in [0.15, 0.2) is 5.82 Å². The summed E-state index contributed by atoms with van der Waals surface area (Å²) in [7, 11) is 2.16. The summed E-state index contributed by atoms with van der Waals surface area (Å²) in [5, 5.41) is 5.29. The molecule has 0 radical (unpaired) electrons. The van der Waals surface area contributed by atoms with Crippen LogP contribution in [0.2, 0.25) is 0 Å². The van der Waals surface area contributed by atoms with E-state index >= 15 is 0 Å². The average Bonchev–Trinajstić information content (AvgIpc) is 3.17. The van der Waals surface area contributed by atoms with E-state index in [2.05, 4.69) is 51.3 Å². The second-order valence-corrected chi connectivity index (χ2v) is 6.39. The molecule has 3 aromatic rings. The molecular formula is C18H20N4O. The summed E-state index contributed by atoms with van der Waals surface area (Å²) in [5.74, 6) is 2.13. The quantitative estimate of drug-likeness (QED) is 0.742. The lowest BCUT2D eigenvalue weighted by molar-refractivity contribution is 0.341. The van der Waals surface area contributed by atoms with Crippen molar-refractivity contribution in [2.75, 3.05) is 20.1 Å². The minimum Gasteiger partial charge on any atom is -0.339 e. The lowest BCUT2D eigenvalue weighted by atomic mass is 10.1. The zero-order chi connectivity index (χ0) is 15.6. The molecule has 118 valence electrons. The lowest BCUT2D eigenvalue weighted by Gasteiger charge is -2.06. The molecule has 0 bridgehead atoms. The van der Waals surface area contributed by atoms with Gasteiger partial charge in [0.25, 0.3) is 0 Å². The summed E-state index contributed by atoms with van der Waals surface area (Å²) >= 11 is 0. The van der Waals surface area contributed by atoms with Gasteiger partial charge in [-0.2, -0.15) is 4.98 Å². The molecule has 1 aliphatic heterocycles. The molecule has 1 aromatic carbocycles. The number of likely N-dealkylation sites (tertiary alicyclic amines) is 1. The highest BCUT2D eigenvalue weighted by Crippen LogP contribution is 2.21. The van der Waals surface area contributed by atoms with Crippen LogP contribution < -0.4 is 0 Å². The maximum absolute atomic E-state index is 5.45. The van der Waals surface area contributed by atoms with E-state index in [-0.39, 0.29) is 0 Å². The van der Waals surface area contributed by atoms with Crippen molar-refractivity contribution >= 4 is 10.9 Å². The number of hydrogen-bond acceptors (Lipinski definition) is 5. The zero-order valence-corrected chi connectivity index (χ0v) is 13.3. The minimum absolute atomic E-state index is 0.632. The van der Waals surface area contributed by atoms with Gasteiger partial charge >= 0.3 is 0 Å². The van der Waals surface area contributed by atoms with Crippen molar-refractivity contribution in [1.29, 1.82) is 0 Å². The molecule has 0 amide bonds. The SMILES string of the molecule is CN1CCC(Cc2nc(Cc3cccc4cccnc34)no2)C1. The highest BCUT2D eigenvalue weighted by molar-refractivity contribution is 5.81. The molecule has 0 saturated carbocycles. The third kappa shape index (κ3) is 3.10. The molecule has 1 fully saturated rings. The summed E-state index contributed by atoms with van der Waals surface area (Å²) in [6.45, 7) is 2.28. The summed E-state index contributed by atoms with van der Waals surface area (Å²) in [6.07, 6.45) is 4.57. The predicted octanol–water partition coefficient (Wildman–Crippen LogP) is 2.70. The Hall–Kier alpha value is -2.27. The van der Waals surface area contributed by atoms with Crippen molar-refractivity contribution in [3.05, 3.63) is 53.8 Å². The lowest BCUT2D eigenvalue weighted by Crippen LogP contribution is -2.15. The van der Waals surface area contributed by atoms with E-state index < -0.39 is 0 Å². The fraction of sp³-hybridized carbons (Fsp3) is 0.389. The van der Waals surface area contributed by atoms with E-state index in [9.17, 15) is 0 Å². The Morgan fingerprint density at radius 1 is 1.26 bits per heavy atom. The van der Waals surface area contributed by atoms with Crippen LogP contribution in [-0.4, -0.2) is 40.2 Å². The second-order valence-electron chi connectivity index (χ2n) is 6.39.